The molecule has 2 aliphatic heterocycles. The van der Waals surface area contributed by atoms with Crippen molar-refractivity contribution in [2.75, 3.05) is 6.54 Å². The maximum absolute atomic E-state index is 14.5. The van der Waals surface area contributed by atoms with Crippen LogP contribution in [0, 0.1) is 11.7 Å². The molecule has 2 saturated heterocycles. The minimum absolute atomic E-state index is 0.112. The molecule has 156 valence electrons. The Labute approximate surface area is 179 Å². The number of H-pyrrole nitrogens is 1. The van der Waals surface area contributed by atoms with E-state index in [1.165, 1.54) is 6.07 Å². The molecule has 0 radical (unpaired) electrons. The predicted octanol–water partition coefficient (Wildman–Crippen LogP) is 3.63. The lowest BCUT2D eigenvalue weighted by Crippen LogP contribution is -2.46. The molecule has 5 heterocycles. The zero-order chi connectivity index (χ0) is 20.8. The Morgan fingerprint density at radius 1 is 0.903 bits per heavy atom. The molecule has 31 heavy (non-hydrogen) atoms. The van der Waals surface area contributed by atoms with Gasteiger partial charge in [-0.2, -0.15) is 0 Å². The van der Waals surface area contributed by atoms with Crippen LogP contribution in [0.2, 0.25) is 0 Å². The first kappa shape index (κ1) is 18.6. The van der Waals surface area contributed by atoms with Gasteiger partial charge in [0.15, 0.2) is 0 Å². The van der Waals surface area contributed by atoms with Crippen LogP contribution < -0.4 is 16.2 Å². The molecule has 2 fully saturated rings. The van der Waals surface area contributed by atoms with Gasteiger partial charge < -0.3 is 10.3 Å². The van der Waals surface area contributed by atoms with Crippen LogP contribution in [0.3, 0.4) is 0 Å². The number of benzene rings is 1. The molecule has 2 aliphatic rings. The number of hydrogen-bond donors (Lipinski definition) is 4. The van der Waals surface area contributed by atoms with Gasteiger partial charge in [-0.25, -0.2) is 14.8 Å². The number of hydrazine groups is 1. The number of fused-ring (bicyclic) bond motifs is 2. The Morgan fingerprint density at radius 2 is 1.81 bits per heavy atom. The van der Waals surface area contributed by atoms with Crippen LogP contribution in [0.5, 0.6) is 0 Å². The molecule has 1 aromatic carbocycles. The second-order valence-electron chi connectivity index (χ2n) is 8.31. The number of aromatic amines is 1. The maximum Gasteiger partial charge on any atom is 0.138 e. The van der Waals surface area contributed by atoms with Crippen molar-refractivity contribution >= 4 is 11.0 Å². The molecule has 4 atom stereocenters. The normalized spacial score (nSPS) is 25.6. The van der Waals surface area contributed by atoms with Gasteiger partial charge >= 0.3 is 0 Å². The number of nitrogens with one attached hydrogen (secondary N) is 4. The van der Waals surface area contributed by atoms with Gasteiger partial charge in [0.1, 0.15) is 11.5 Å². The molecule has 6 nitrogen and oxygen atoms in total. The van der Waals surface area contributed by atoms with E-state index in [0.29, 0.717) is 17.5 Å². The number of rotatable bonds is 3. The van der Waals surface area contributed by atoms with Crippen molar-refractivity contribution in [1.29, 1.82) is 0 Å². The smallest absolute Gasteiger partial charge is 0.138 e. The first-order valence-corrected chi connectivity index (χ1v) is 10.7. The molecule has 0 aliphatic carbocycles. The molecular weight excluding hydrogens is 391 g/mol. The predicted molar refractivity (Wildman–Crippen MR) is 117 cm³/mol. The largest absolute Gasteiger partial charge is 0.342 e. The fourth-order valence-corrected chi connectivity index (χ4v) is 5.02. The van der Waals surface area contributed by atoms with Crippen molar-refractivity contribution in [3.05, 3.63) is 84.2 Å². The Bertz CT molecular complexity index is 1220. The Hall–Kier alpha value is -3.13. The summed E-state index contributed by atoms with van der Waals surface area (Å²) in [7, 11) is 0. The van der Waals surface area contributed by atoms with E-state index >= 15 is 0 Å². The Balaban J connectivity index is 1.35. The van der Waals surface area contributed by atoms with Gasteiger partial charge in [-0.15, -0.1) is 0 Å². The summed E-state index contributed by atoms with van der Waals surface area (Å²) in [6, 6.07) is 17.6. The summed E-state index contributed by atoms with van der Waals surface area (Å²) in [6.45, 7) is 0.869. The van der Waals surface area contributed by atoms with Crippen molar-refractivity contribution < 1.29 is 4.39 Å². The molecule has 0 bridgehead atoms. The summed E-state index contributed by atoms with van der Waals surface area (Å²) in [5, 5.41) is 4.55. The average molecular weight is 414 g/mol. The lowest BCUT2D eigenvalue weighted by molar-refractivity contribution is 0.262. The summed E-state index contributed by atoms with van der Waals surface area (Å²) in [6.07, 6.45) is 4.55. The third-order valence-electron chi connectivity index (χ3n) is 6.56. The highest BCUT2D eigenvalue weighted by molar-refractivity contribution is 5.93. The highest BCUT2D eigenvalue weighted by Gasteiger charge is 2.42. The van der Waals surface area contributed by atoms with E-state index in [4.69, 9.17) is 0 Å². The fourth-order valence-electron chi connectivity index (χ4n) is 5.02. The van der Waals surface area contributed by atoms with E-state index in [-0.39, 0.29) is 17.9 Å². The lowest BCUT2D eigenvalue weighted by Gasteiger charge is -2.33. The van der Waals surface area contributed by atoms with E-state index in [2.05, 4.69) is 43.3 Å². The standard InChI is InChI=1S/C24H23FN6/c25-18-6-2-1-5-15(18)14-8-10-27-24-16(14)11-21(29-24)23-17-12-20(19-7-3-4-9-26-19)28-13-22(17)30-31-23/h1-11,17,20,22-23,28,30-31H,12-13H2,(H,27,29). The minimum Gasteiger partial charge on any atom is -0.342 e. The molecule has 0 saturated carbocycles. The summed E-state index contributed by atoms with van der Waals surface area (Å²) >= 11 is 0. The van der Waals surface area contributed by atoms with Gasteiger partial charge in [-0.1, -0.05) is 24.3 Å². The number of halogens is 1. The van der Waals surface area contributed by atoms with Gasteiger partial charge in [-0.05, 0) is 42.3 Å². The van der Waals surface area contributed by atoms with E-state index in [0.717, 1.165) is 41.0 Å². The second kappa shape index (κ2) is 7.53. The van der Waals surface area contributed by atoms with Crippen molar-refractivity contribution in [1.82, 2.24) is 31.1 Å². The molecule has 4 unspecified atom stereocenters. The van der Waals surface area contributed by atoms with Crippen molar-refractivity contribution in [3.8, 4) is 11.1 Å². The van der Waals surface area contributed by atoms with E-state index in [9.17, 15) is 4.39 Å². The van der Waals surface area contributed by atoms with Gasteiger partial charge in [0, 0.05) is 53.6 Å². The third-order valence-corrected chi connectivity index (χ3v) is 6.56. The van der Waals surface area contributed by atoms with Gasteiger partial charge in [-0.3, -0.25) is 10.4 Å². The van der Waals surface area contributed by atoms with E-state index in [1.54, 1.807) is 12.3 Å². The molecule has 3 aromatic heterocycles. The highest BCUT2D eigenvalue weighted by atomic mass is 19.1. The molecule has 4 N–H and O–H groups in total. The highest BCUT2D eigenvalue weighted by Crippen LogP contribution is 2.39. The van der Waals surface area contributed by atoms with Crippen molar-refractivity contribution in [3.63, 3.8) is 0 Å². The van der Waals surface area contributed by atoms with E-state index < -0.39 is 0 Å². The van der Waals surface area contributed by atoms with Crippen LogP contribution in [-0.2, 0) is 0 Å². The lowest BCUT2D eigenvalue weighted by atomic mass is 9.82. The third kappa shape index (κ3) is 3.22. The SMILES string of the molecule is Fc1ccccc1-c1ccnc2[nH]c(C3NNC4CNC(c5ccccn5)CC43)cc12. The molecule has 7 heteroatoms. The number of pyridine rings is 2. The fraction of sp³-hybridized carbons (Fsp3) is 0.250. The van der Waals surface area contributed by atoms with Crippen molar-refractivity contribution in [2.45, 2.75) is 24.5 Å². The van der Waals surface area contributed by atoms with Crippen molar-refractivity contribution in [2.24, 2.45) is 5.92 Å². The quantitative estimate of drug-likeness (QED) is 0.412. The van der Waals surface area contributed by atoms with Crippen LogP contribution in [0.15, 0.2) is 67.0 Å². The second-order valence-corrected chi connectivity index (χ2v) is 8.31. The van der Waals surface area contributed by atoms with Crippen LogP contribution >= 0.6 is 0 Å². The van der Waals surface area contributed by atoms with Crippen LogP contribution in [-0.4, -0.2) is 27.5 Å². The number of aromatic nitrogens is 3. The summed E-state index contributed by atoms with van der Waals surface area (Å²) < 4.78 is 14.5. The molecule has 6 rings (SSSR count). The molecule has 4 aromatic rings. The number of nitrogens with zero attached hydrogens (tertiary/aromatic N) is 2. The van der Waals surface area contributed by atoms with Gasteiger partial charge in [0.2, 0.25) is 0 Å². The van der Waals surface area contributed by atoms with Crippen LogP contribution in [0.25, 0.3) is 22.2 Å². The summed E-state index contributed by atoms with van der Waals surface area (Å²) in [5.74, 6) is 0.160. The summed E-state index contributed by atoms with van der Waals surface area (Å²) in [5.41, 5.74) is 11.3. The van der Waals surface area contributed by atoms with Crippen LogP contribution in [0.4, 0.5) is 4.39 Å². The maximum atomic E-state index is 14.5. The van der Waals surface area contributed by atoms with Crippen LogP contribution in [0.1, 0.15) is 29.9 Å². The zero-order valence-electron chi connectivity index (χ0n) is 16.8. The molecular formula is C24H23FN6. The number of piperidine rings is 1. The monoisotopic (exact) mass is 414 g/mol. The zero-order valence-corrected chi connectivity index (χ0v) is 16.8. The minimum atomic E-state index is -0.227. The first-order chi connectivity index (χ1) is 15.3. The topological polar surface area (TPSA) is 77.7 Å². The first-order valence-electron chi connectivity index (χ1n) is 10.7. The number of hydrogen-bond acceptors (Lipinski definition) is 5. The molecule has 0 amide bonds. The molecule has 0 spiro atoms. The average Bonchev–Trinajstić information content (AvgIpc) is 3.43. The summed E-state index contributed by atoms with van der Waals surface area (Å²) in [4.78, 5) is 12.5. The Morgan fingerprint density at radius 3 is 2.68 bits per heavy atom. The van der Waals surface area contributed by atoms with Gasteiger partial charge in [0.05, 0.1) is 11.7 Å². The Kier molecular flexibility index (Phi) is 4.52. The van der Waals surface area contributed by atoms with E-state index in [1.807, 2.05) is 36.5 Å². The van der Waals surface area contributed by atoms with Gasteiger partial charge in [0.25, 0.3) is 0 Å².